The van der Waals surface area contributed by atoms with Crippen LogP contribution < -0.4 is 4.74 Å². The maximum absolute atomic E-state index is 11.1. The van der Waals surface area contributed by atoms with Gasteiger partial charge in [0.25, 0.3) is 0 Å². The fourth-order valence-electron chi connectivity index (χ4n) is 2.88. The molecule has 1 aromatic carbocycles. The zero-order valence-corrected chi connectivity index (χ0v) is 12.3. The third-order valence-corrected chi connectivity index (χ3v) is 3.97. The Hall–Kier alpha value is -2.10. The Morgan fingerprint density at radius 2 is 1.90 bits per heavy atom. The lowest BCUT2D eigenvalue weighted by Crippen LogP contribution is -2.19. The summed E-state index contributed by atoms with van der Waals surface area (Å²) in [4.78, 5) is 11.1. The number of nitrogens with zero attached hydrogens (tertiary/aromatic N) is 2. The van der Waals surface area contributed by atoms with Crippen LogP contribution in [0.25, 0.3) is 11.3 Å². The van der Waals surface area contributed by atoms with E-state index in [1.807, 2.05) is 31.3 Å². The van der Waals surface area contributed by atoms with Crippen molar-refractivity contribution in [1.82, 2.24) is 9.78 Å². The van der Waals surface area contributed by atoms with Gasteiger partial charge in [-0.15, -0.1) is 0 Å². The van der Waals surface area contributed by atoms with Gasteiger partial charge in [-0.05, 0) is 49.9 Å². The molecule has 0 N–H and O–H groups in total. The first-order valence-corrected chi connectivity index (χ1v) is 7.52. The summed E-state index contributed by atoms with van der Waals surface area (Å²) >= 11 is 0. The molecule has 1 aliphatic rings. The molecule has 21 heavy (non-hydrogen) atoms. The summed E-state index contributed by atoms with van der Waals surface area (Å²) in [5.41, 5.74) is 2.27. The Morgan fingerprint density at radius 1 is 1.19 bits per heavy atom. The molecule has 1 aromatic heterocycles. The molecule has 0 bridgehead atoms. The number of hydrogen-bond donors (Lipinski definition) is 0. The van der Waals surface area contributed by atoms with Crippen LogP contribution in [0.1, 0.15) is 42.5 Å². The quantitative estimate of drug-likeness (QED) is 0.806. The lowest BCUT2D eigenvalue weighted by atomic mass is 9.98. The molecule has 1 aliphatic carbocycles. The van der Waals surface area contributed by atoms with Crippen molar-refractivity contribution in [3.8, 4) is 17.0 Å². The highest BCUT2D eigenvalue weighted by Gasteiger charge is 2.15. The molecule has 110 valence electrons. The second-order valence-corrected chi connectivity index (χ2v) is 5.63. The molecule has 3 rings (SSSR count). The molecular weight excluding hydrogens is 264 g/mol. The maximum Gasteiger partial charge on any atom is 0.153 e. The number of rotatable bonds is 4. The van der Waals surface area contributed by atoms with Crippen molar-refractivity contribution in [2.24, 2.45) is 7.05 Å². The van der Waals surface area contributed by atoms with Gasteiger partial charge in [-0.1, -0.05) is 6.42 Å². The highest BCUT2D eigenvalue weighted by Crippen LogP contribution is 2.26. The number of carbonyl (C=O) groups excluding carboxylic acids is 1. The van der Waals surface area contributed by atoms with Gasteiger partial charge in [0.1, 0.15) is 11.4 Å². The molecule has 1 fully saturated rings. The van der Waals surface area contributed by atoms with Crippen molar-refractivity contribution in [1.29, 1.82) is 0 Å². The molecule has 0 unspecified atom stereocenters. The van der Waals surface area contributed by atoms with E-state index >= 15 is 0 Å². The fourth-order valence-corrected chi connectivity index (χ4v) is 2.88. The molecule has 0 saturated heterocycles. The van der Waals surface area contributed by atoms with Gasteiger partial charge in [0, 0.05) is 18.8 Å². The Labute approximate surface area is 124 Å². The first-order chi connectivity index (χ1) is 10.3. The molecule has 0 spiro atoms. The summed E-state index contributed by atoms with van der Waals surface area (Å²) in [5, 5.41) is 4.34. The molecule has 1 saturated carbocycles. The average Bonchev–Trinajstić information content (AvgIpc) is 2.90. The third-order valence-electron chi connectivity index (χ3n) is 3.97. The van der Waals surface area contributed by atoms with Crippen molar-refractivity contribution in [2.45, 2.75) is 38.2 Å². The number of carbonyl (C=O) groups is 1. The molecule has 0 aliphatic heterocycles. The topological polar surface area (TPSA) is 44.1 Å². The van der Waals surface area contributed by atoms with Gasteiger partial charge in [0.2, 0.25) is 0 Å². The molecule has 0 amide bonds. The van der Waals surface area contributed by atoms with Crippen LogP contribution in [0, 0.1) is 0 Å². The lowest BCUT2D eigenvalue weighted by Gasteiger charge is -2.23. The Balaban J connectivity index is 1.75. The number of aromatic nitrogens is 2. The van der Waals surface area contributed by atoms with Crippen molar-refractivity contribution >= 4 is 6.29 Å². The lowest BCUT2D eigenvalue weighted by molar-refractivity contribution is 0.112. The van der Waals surface area contributed by atoms with E-state index in [1.165, 1.54) is 19.3 Å². The van der Waals surface area contributed by atoms with Crippen molar-refractivity contribution in [3.63, 3.8) is 0 Å². The Kier molecular flexibility index (Phi) is 4.04. The van der Waals surface area contributed by atoms with Crippen LogP contribution in [0.2, 0.25) is 0 Å². The van der Waals surface area contributed by atoms with E-state index in [0.29, 0.717) is 11.7 Å². The zero-order chi connectivity index (χ0) is 14.7. The molecule has 4 nitrogen and oxygen atoms in total. The van der Waals surface area contributed by atoms with E-state index < -0.39 is 0 Å². The molecule has 1 heterocycles. The summed E-state index contributed by atoms with van der Waals surface area (Å²) < 4.78 is 7.67. The van der Waals surface area contributed by atoms with Crippen LogP contribution in [0.15, 0.2) is 30.5 Å². The second kappa shape index (κ2) is 6.12. The highest BCUT2D eigenvalue weighted by atomic mass is 16.5. The van der Waals surface area contributed by atoms with E-state index in [0.717, 1.165) is 36.1 Å². The van der Waals surface area contributed by atoms with E-state index in [2.05, 4.69) is 5.10 Å². The van der Waals surface area contributed by atoms with E-state index in [4.69, 9.17) is 4.74 Å². The summed E-state index contributed by atoms with van der Waals surface area (Å²) in [6.45, 7) is 0. The van der Waals surface area contributed by atoms with E-state index in [1.54, 1.807) is 10.9 Å². The summed E-state index contributed by atoms with van der Waals surface area (Å²) in [6.07, 6.45) is 9.08. The fraction of sp³-hybridized carbons (Fsp3) is 0.412. The van der Waals surface area contributed by atoms with Crippen LogP contribution in [0.5, 0.6) is 5.75 Å². The number of benzene rings is 1. The van der Waals surface area contributed by atoms with E-state index in [-0.39, 0.29) is 0 Å². The van der Waals surface area contributed by atoms with Crippen molar-refractivity contribution < 1.29 is 9.53 Å². The molecule has 2 aromatic rings. The molecule has 4 heteroatoms. The summed E-state index contributed by atoms with van der Waals surface area (Å²) in [6, 6.07) is 7.86. The SMILES string of the molecule is Cn1cc(C=O)c(-c2ccc(OC3CCCCC3)cc2)n1. The number of hydrogen-bond acceptors (Lipinski definition) is 3. The highest BCUT2D eigenvalue weighted by molar-refractivity contribution is 5.85. The van der Waals surface area contributed by atoms with Crippen LogP contribution >= 0.6 is 0 Å². The first kappa shape index (κ1) is 13.9. The van der Waals surface area contributed by atoms with Gasteiger partial charge in [-0.3, -0.25) is 9.48 Å². The standard InChI is InChI=1S/C17H20N2O2/c1-19-11-14(12-20)17(18-19)13-7-9-16(10-8-13)21-15-5-3-2-4-6-15/h7-12,15H,2-6H2,1H3. The average molecular weight is 284 g/mol. The van der Waals surface area contributed by atoms with E-state index in [9.17, 15) is 4.79 Å². The van der Waals surface area contributed by atoms with Gasteiger partial charge in [-0.25, -0.2) is 0 Å². The van der Waals surface area contributed by atoms with Crippen molar-refractivity contribution in [3.05, 3.63) is 36.0 Å². The monoisotopic (exact) mass is 284 g/mol. The summed E-state index contributed by atoms with van der Waals surface area (Å²) in [5.74, 6) is 0.897. The van der Waals surface area contributed by atoms with Gasteiger partial charge in [0.05, 0.1) is 11.7 Å². The predicted octanol–water partition coefficient (Wildman–Crippen LogP) is 3.61. The first-order valence-electron chi connectivity index (χ1n) is 7.52. The smallest absolute Gasteiger partial charge is 0.153 e. The largest absolute Gasteiger partial charge is 0.490 e. The molecule has 0 radical (unpaired) electrons. The van der Waals surface area contributed by atoms with Crippen molar-refractivity contribution in [2.75, 3.05) is 0 Å². The number of aryl methyl sites for hydroxylation is 1. The second-order valence-electron chi connectivity index (χ2n) is 5.63. The number of ether oxygens (including phenoxy) is 1. The van der Waals surface area contributed by atoms with Crippen LogP contribution in [-0.2, 0) is 7.05 Å². The summed E-state index contributed by atoms with van der Waals surface area (Å²) in [7, 11) is 1.82. The Bertz CT molecular complexity index is 610. The Morgan fingerprint density at radius 3 is 2.57 bits per heavy atom. The minimum absolute atomic E-state index is 0.352. The predicted molar refractivity (Wildman–Crippen MR) is 81.5 cm³/mol. The van der Waals surface area contributed by atoms with Gasteiger partial charge in [0.15, 0.2) is 6.29 Å². The van der Waals surface area contributed by atoms with Gasteiger partial charge in [-0.2, -0.15) is 5.10 Å². The number of aldehydes is 1. The van der Waals surface area contributed by atoms with Gasteiger partial charge >= 0.3 is 0 Å². The van der Waals surface area contributed by atoms with Gasteiger partial charge < -0.3 is 4.74 Å². The van der Waals surface area contributed by atoms with Crippen LogP contribution in [-0.4, -0.2) is 22.2 Å². The minimum Gasteiger partial charge on any atom is -0.490 e. The normalized spacial score (nSPS) is 15.9. The zero-order valence-electron chi connectivity index (χ0n) is 12.3. The maximum atomic E-state index is 11.1. The van der Waals surface area contributed by atoms with Crippen LogP contribution in [0.4, 0.5) is 0 Å². The van der Waals surface area contributed by atoms with Crippen LogP contribution in [0.3, 0.4) is 0 Å². The minimum atomic E-state index is 0.352. The third kappa shape index (κ3) is 3.15. The molecular formula is C17H20N2O2. The molecule has 0 atom stereocenters.